The average molecular weight is 362 g/mol. The lowest BCUT2D eigenvalue weighted by Gasteiger charge is -2.13. The van der Waals surface area contributed by atoms with Crippen molar-refractivity contribution >= 4 is 40.6 Å². The van der Waals surface area contributed by atoms with E-state index >= 15 is 0 Å². The van der Waals surface area contributed by atoms with E-state index in [4.69, 9.17) is 33.8 Å². The highest BCUT2D eigenvalue weighted by Gasteiger charge is 2.20. The Balaban J connectivity index is 1.63. The molecule has 0 fully saturated rings. The maximum Gasteiger partial charge on any atom is 0.269 e. The van der Waals surface area contributed by atoms with Crippen molar-refractivity contribution < 1.29 is 9.53 Å². The second kappa shape index (κ2) is 7.05. The van der Waals surface area contributed by atoms with Crippen molar-refractivity contribution in [1.29, 1.82) is 0 Å². The van der Waals surface area contributed by atoms with Gasteiger partial charge in [-0.15, -0.1) is 0 Å². The Morgan fingerprint density at radius 1 is 1.25 bits per heavy atom. The van der Waals surface area contributed by atoms with Gasteiger partial charge in [0.05, 0.1) is 17.0 Å². The van der Waals surface area contributed by atoms with E-state index in [1.807, 2.05) is 24.3 Å². The van der Waals surface area contributed by atoms with Crippen molar-refractivity contribution in [2.24, 2.45) is 10.8 Å². The molecule has 1 aliphatic heterocycles. The molecule has 7 heteroatoms. The van der Waals surface area contributed by atoms with Crippen LogP contribution in [0.2, 0.25) is 10.0 Å². The molecule has 1 aliphatic rings. The highest BCUT2D eigenvalue weighted by atomic mass is 35.5. The van der Waals surface area contributed by atoms with Gasteiger partial charge in [0.1, 0.15) is 11.6 Å². The van der Waals surface area contributed by atoms with Crippen molar-refractivity contribution in [3.05, 3.63) is 70.4 Å². The standard InChI is InChI=1S/C17H13Cl2N3O2/c18-12-5-6-15(13(19)10-12)24-8-7-17(23)22(20)16-9-11-3-1-2-4-14(11)21-16/h1-8,10H,9,20H2/b8-7+. The summed E-state index contributed by atoms with van der Waals surface area (Å²) in [6, 6.07) is 12.4. The third-order valence-corrected chi connectivity index (χ3v) is 3.94. The first-order chi connectivity index (χ1) is 11.5. The number of hydrogen-bond donors (Lipinski definition) is 1. The lowest BCUT2D eigenvalue weighted by molar-refractivity contribution is -0.122. The van der Waals surface area contributed by atoms with Crippen LogP contribution in [-0.4, -0.2) is 16.8 Å². The molecule has 0 saturated heterocycles. The normalized spacial score (nSPS) is 12.9. The number of nitrogens with two attached hydrogens (primary N) is 1. The summed E-state index contributed by atoms with van der Waals surface area (Å²) in [5.74, 6) is 6.25. The Hall–Kier alpha value is -2.34. The molecule has 2 N–H and O–H groups in total. The quantitative estimate of drug-likeness (QED) is 0.296. The van der Waals surface area contributed by atoms with Gasteiger partial charge in [0.25, 0.3) is 5.91 Å². The monoisotopic (exact) mass is 361 g/mol. The molecule has 0 unspecified atom stereocenters. The molecule has 3 rings (SSSR count). The minimum Gasteiger partial charge on any atom is -0.463 e. The van der Waals surface area contributed by atoms with Crippen molar-refractivity contribution in [2.45, 2.75) is 6.42 Å². The predicted octanol–water partition coefficient (Wildman–Crippen LogP) is 3.87. The predicted molar refractivity (Wildman–Crippen MR) is 94.5 cm³/mol. The summed E-state index contributed by atoms with van der Waals surface area (Å²) in [6.45, 7) is 0. The van der Waals surface area contributed by atoms with Crippen LogP contribution in [0.3, 0.4) is 0 Å². The van der Waals surface area contributed by atoms with Crippen LogP contribution in [0.15, 0.2) is 59.8 Å². The number of aliphatic imine (C=N–C) groups is 1. The van der Waals surface area contributed by atoms with Crippen LogP contribution in [-0.2, 0) is 11.2 Å². The van der Waals surface area contributed by atoms with Crippen molar-refractivity contribution in [3.63, 3.8) is 0 Å². The number of carbonyl (C=O) groups is 1. The number of hydrazine groups is 1. The average Bonchev–Trinajstić information content (AvgIpc) is 3.00. The first-order valence-corrected chi connectivity index (χ1v) is 7.82. The fourth-order valence-corrected chi connectivity index (χ4v) is 2.65. The van der Waals surface area contributed by atoms with Gasteiger partial charge in [-0.3, -0.25) is 4.79 Å². The van der Waals surface area contributed by atoms with E-state index in [9.17, 15) is 4.79 Å². The summed E-state index contributed by atoms with van der Waals surface area (Å²) in [6.07, 6.45) is 2.94. The first kappa shape index (κ1) is 16.5. The Labute approximate surface area is 148 Å². The zero-order chi connectivity index (χ0) is 17.1. The first-order valence-electron chi connectivity index (χ1n) is 7.07. The molecule has 0 aromatic heterocycles. The minimum absolute atomic E-state index is 0.347. The van der Waals surface area contributed by atoms with Gasteiger partial charge in [-0.2, -0.15) is 0 Å². The maximum atomic E-state index is 12.1. The van der Waals surface area contributed by atoms with Gasteiger partial charge in [0.2, 0.25) is 0 Å². The number of ether oxygens (including phenoxy) is 1. The number of halogens is 2. The summed E-state index contributed by atoms with van der Waals surface area (Å²) in [7, 11) is 0. The molecule has 0 atom stereocenters. The molecule has 2 aromatic rings. The highest BCUT2D eigenvalue weighted by molar-refractivity contribution is 6.35. The highest BCUT2D eigenvalue weighted by Crippen LogP contribution is 2.28. The van der Waals surface area contributed by atoms with Crippen LogP contribution >= 0.6 is 23.2 Å². The molecule has 0 radical (unpaired) electrons. The van der Waals surface area contributed by atoms with Gasteiger partial charge in [-0.05, 0) is 29.8 Å². The molecule has 2 aromatic carbocycles. The number of nitrogens with zero attached hydrogens (tertiary/aromatic N) is 2. The van der Waals surface area contributed by atoms with Crippen LogP contribution in [0.5, 0.6) is 5.75 Å². The van der Waals surface area contributed by atoms with Crippen LogP contribution in [0, 0.1) is 0 Å². The lowest BCUT2D eigenvalue weighted by Crippen LogP contribution is -2.41. The van der Waals surface area contributed by atoms with Crippen LogP contribution < -0.4 is 10.6 Å². The van der Waals surface area contributed by atoms with E-state index in [1.165, 1.54) is 12.3 Å². The van der Waals surface area contributed by atoms with E-state index in [2.05, 4.69) is 4.99 Å². The second-order valence-corrected chi connectivity index (χ2v) is 5.88. The van der Waals surface area contributed by atoms with Crippen molar-refractivity contribution in [2.75, 3.05) is 0 Å². The minimum atomic E-state index is -0.452. The van der Waals surface area contributed by atoms with Crippen molar-refractivity contribution in [1.82, 2.24) is 5.01 Å². The molecule has 0 aliphatic carbocycles. The molecule has 24 heavy (non-hydrogen) atoms. The van der Waals surface area contributed by atoms with E-state index in [0.717, 1.165) is 16.3 Å². The van der Waals surface area contributed by atoms with E-state index in [1.54, 1.807) is 18.2 Å². The molecule has 0 bridgehead atoms. The Kier molecular flexibility index (Phi) is 4.85. The Bertz CT molecular complexity index is 849. The summed E-state index contributed by atoms with van der Waals surface area (Å²) in [5, 5.41) is 1.85. The summed E-state index contributed by atoms with van der Waals surface area (Å²) in [4.78, 5) is 16.5. The molecular weight excluding hydrogens is 349 g/mol. The number of fused-ring (bicyclic) bond motifs is 1. The van der Waals surface area contributed by atoms with Gasteiger partial charge in [0, 0.05) is 17.5 Å². The number of carbonyl (C=O) groups excluding carboxylic acids is 1. The zero-order valence-electron chi connectivity index (χ0n) is 12.4. The zero-order valence-corrected chi connectivity index (χ0v) is 14.0. The van der Waals surface area contributed by atoms with E-state index in [0.29, 0.717) is 28.1 Å². The fraction of sp³-hybridized carbons (Fsp3) is 0.0588. The molecule has 0 spiro atoms. The summed E-state index contributed by atoms with van der Waals surface area (Å²) >= 11 is 11.8. The van der Waals surface area contributed by atoms with Crippen LogP contribution in [0.1, 0.15) is 5.56 Å². The Morgan fingerprint density at radius 2 is 2.04 bits per heavy atom. The van der Waals surface area contributed by atoms with Crippen LogP contribution in [0.25, 0.3) is 0 Å². The second-order valence-electron chi connectivity index (χ2n) is 5.04. The van der Waals surface area contributed by atoms with Crippen molar-refractivity contribution in [3.8, 4) is 5.75 Å². The largest absolute Gasteiger partial charge is 0.463 e. The van der Waals surface area contributed by atoms with Gasteiger partial charge in [-0.25, -0.2) is 15.8 Å². The van der Waals surface area contributed by atoms with Gasteiger partial charge in [0.15, 0.2) is 0 Å². The number of benzene rings is 2. The lowest BCUT2D eigenvalue weighted by atomic mass is 10.1. The molecule has 0 saturated carbocycles. The molecule has 1 amide bonds. The number of rotatable bonds is 3. The third-order valence-electron chi connectivity index (χ3n) is 3.40. The number of para-hydroxylation sites is 1. The fourth-order valence-electron chi connectivity index (χ4n) is 2.20. The molecular formula is C17H13Cl2N3O2. The number of amides is 1. The molecule has 1 heterocycles. The van der Waals surface area contributed by atoms with Gasteiger partial charge >= 0.3 is 0 Å². The van der Waals surface area contributed by atoms with Crippen LogP contribution in [0.4, 0.5) is 5.69 Å². The van der Waals surface area contributed by atoms with E-state index in [-0.39, 0.29) is 0 Å². The Morgan fingerprint density at radius 3 is 2.79 bits per heavy atom. The molecule has 5 nitrogen and oxygen atoms in total. The maximum absolute atomic E-state index is 12.1. The van der Waals surface area contributed by atoms with E-state index < -0.39 is 5.91 Å². The number of amidine groups is 1. The topological polar surface area (TPSA) is 67.9 Å². The van der Waals surface area contributed by atoms with Gasteiger partial charge in [-0.1, -0.05) is 41.4 Å². The molecule has 122 valence electrons. The number of hydrogen-bond acceptors (Lipinski definition) is 4. The van der Waals surface area contributed by atoms with Gasteiger partial charge < -0.3 is 4.74 Å². The summed E-state index contributed by atoms with van der Waals surface area (Å²) in [5.41, 5.74) is 1.85. The third kappa shape index (κ3) is 3.59. The summed E-state index contributed by atoms with van der Waals surface area (Å²) < 4.78 is 5.32. The smallest absolute Gasteiger partial charge is 0.269 e. The SMILES string of the molecule is NN(C(=O)/C=C/Oc1ccc(Cl)cc1Cl)C1=Nc2ccccc2C1.